The number of carbonyl (C=O) groups excluding carboxylic acids is 1. The molecular formula is C20H26N4O2. The van der Waals surface area contributed by atoms with Crippen molar-refractivity contribution in [2.75, 3.05) is 27.7 Å². The molecule has 6 nitrogen and oxygen atoms in total. The van der Waals surface area contributed by atoms with Gasteiger partial charge in [-0.2, -0.15) is 0 Å². The van der Waals surface area contributed by atoms with Crippen LogP contribution in [-0.4, -0.2) is 39.6 Å². The average Bonchev–Trinajstić information content (AvgIpc) is 2.70. The van der Waals surface area contributed by atoms with E-state index in [0.29, 0.717) is 12.1 Å². The first-order valence-electron chi connectivity index (χ1n) is 8.54. The first-order chi connectivity index (χ1) is 12.7. The Morgan fingerprint density at radius 1 is 1.08 bits per heavy atom. The normalized spacial score (nSPS) is 11.0. The van der Waals surface area contributed by atoms with Crippen molar-refractivity contribution in [3.05, 3.63) is 65.2 Å². The lowest BCUT2D eigenvalue weighted by molar-refractivity contribution is 0.0963. The molecule has 0 atom stereocenters. The second-order valence-corrected chi connectivity index (χ2v) is 5.73. The monoisotopic (exact) mass is 354 g/mol. The molecule has 0 aliphatic carbocycles. The van der Waals surface area contributed by atoms with Crippen molar-refractivity contribution < 1.29 is 9.53 Å². The first-order valence-corrected chi connectivity index (χ1v) is 8.54. The van der Waals surface area contributed by atoms with Crippen molar-refractivity contribution in [3.8, 4) is 5.75 Å². The summed E-state index contributed by atoms with van der Waals surface area (Å²) < 4.78 is 5.16. The summed E-state index contributed by atoms with van der Waals surface area (Å²) in [7, 11) is 5.03. The van der Waals surface area contributed by atoms with Gasteiger partial charge in [-0.25, -0.2) is 0 Å². The van der Waals surface area contributed by atoms with E-state index >= 15 is 0 Å². The Kier molecular flexibility index (Phi) is 7.49. The molecule has 2 rings (SSSR count). The van der Waals surface area contributed by atoms with Gasteiger partial charge >= 0.3 is 0 Å². The van der Waals surface area contributed by atoms with Gasteiger partial charge in [0, 0.05) is 32.7 Å². The number of hydrogen-bond donors (Lipinski definition) is 3. The molecule has 6 heteroatoms. The van der Waals surface area contributed by atoms with Crippen molar-refractivity contribution >= 4 is 11.9 Å². The van der Waals surface area contributed by atoms with Crippen LogP contribution in [-0.2, 0) is 13.0 Å². The predicted molar refractivity (Wildman–Crippen MR) is 105 cm³/mol. The molecule has 0 aliphatic rings. The van der Waals surface area contributed by atoms with E-state index in [1.54, 1.807) is 27.3 Å². The van der Waals surface area contributed by atoms with Crippen molar-refractivity contribution in [3.63, 3.8) is 0 Å². The first kappa shape index (κ1) is 19.3. The van der Waals surface area contributed by atoms with Gasteiger partial charge in [0.05, 0.1) is 7.11 Å². The summed E-state index contributed by atoms with van der Waals surface area (Å²) in [4.78, 5) is 15.9. The van der Waals surface area contributed by atoms with Gasteiger partial charge < -0.3 is 20.7 Å². The van der Waals surface area contributed by atoms with Gasteiger partial charge in [-0.05, 0) is 41.8 Å². The zero-order chi connectivity index (χ0) is 18.8. The zero-order valence-corrected chi connectivity index (χ0v) is 15.5. The number of aliphatic imine (C=N–C) groups is 1. The summed E-state index contributed by atoms with van der Waals surface area (Å²) in [6, 6.07) is 15.6. The summed E-state index contributed by atoms with van der Waals surface area (Å²) in [6.45, 7) is 1.36. The van der Waals surface area contributed by atoms with Gasteiger partial charge in [-0.15, -0.1) is 0 Å². The van der Waals surface area contributed by atoms with Crippen LogP contribution >= 0.6 is 0 Å². The van der Waals surface area contributed by atoms with Crippen LogP contribution in [0, 0.1) is 0 Å². The highest BCUT2D eigenvalue weighted by molar-refractivity contribution is 5.94. The van der Waals surface area contributed by atoms with Crippen LogP contribution in [0.3, 0.4) is 0 Å². The van der Waals surface area contributed by atoms with Gasteiger partial charge in [-0.1, -0.05) is 24.3 Å². The third-order valence-electron chi connectivity index (χ3n) is 3.96. The number of carbonyl (C=O) groups is 1. The Morgan fingerprint density at radius 2 is 1.85 bits per heavy atom. The summed E-state index contributed by atoms with van der Waals surface area (Å²) >= 11 is 0. The maximum Gasteiger partial charge on any atom is 0.251 e. The van der Waals surface area contributed by atoms with E-state index in [2.05, 4.69) is 33.1 Å². The van der Waals surface area contributed by atoms with Crippen LogP contribution in [0.15, 0.2) is 53.5 Å². The molecule has 0 spiro atoms. The summed E-state index contributed by atoms with van der Waals surface area (Å²) in [5.41, 5.74) is 2.89. The third-order valence-corrected chi connectivity index (χ3v) is 3.96. The lowest BCUT2D eigenvalue weighted by Crippen LogP contribution is -2.37. The van der Waals surface area contributed by atoms with E-state index in [1.807, 2.05) is 30.3 Å². The van der Waals surface area contributed by atoms with Gasteiger partial charge in [0.2, 0.25) is 0 Å². The highest BCUT2D eigenvalue weighted by Crippen LogP contribution is 2.11. The van der Waals surface area contributed by atoms with Crippen LogP contribution in [0.5, 0.6) is 5.75 Å². The lowest BCUT2D eigenvalue weighted by Gasteiger charge is -2.12. The minimum Gasteiger partial charge on any atom is -0.497 e. The number of methoxy groups -OCH3 is 1. The smallest absolute Gasteiger partial charge is 0.251 e. The van der Waals surface area contributed by atoms with Gasteiger partial charge in [0.1, 0.15) is 5.75 Å². The predicted octanol–water partition coefficient (Wildman–Crippen LogP) is 1.96. The van der Waals surface area contributed by atoms with E-state index < -0.39 is 0 Å². The molecule has 0 aliphatic heterocycles. The van der Waals surface area contributed by atoms with E-state index in [0.717, 1.165) is 30.2 Å². The number of hydrogen-bond acceptors (Lipinski definition) is 3. The Labute approximate surface area is 154 Å². The van der Waals surface area contributed by atoms with E-state index in [1.165, 1.54) is 5.56 Å². The third kappa shape index (κ3) is 5.81. The van der Waals surface area contributed by atoms with Crippen LogP contribution in [0.25, 0.3) is 0 Å². The van der Waals surface area contributed by atoms with Crippen molar-refractivity contribution in [2.24, 2.45) is 4.99 Å². The molecule has 0 aromatic heterocycles. The number of nitrogens with zero attached hydrogens (tertiary/aromatic N) is 1. The maximum absolute atomic E-state index is 11.7. The Hall–Kier alpha value is -3.02. The standard InChI is InChI=1S/C20H26N4O2/c1-21-19(25)17-6-4-5-16(13-17)14-24-20(22-2)23-12-11-15-7-9-18(26-3)10-8-15/h4-10,13H,11-12,14H2,1-3H3,(H,21,25)(H2,22,23,24). The van der Waals surface area contributed by atoms with Crippen molar-refractivity contribution in [1.82, 2.24) is 16.0 Å². The van der Waals surface area contributed by atoms with Crippen molar-refractivity contribution in [1.29, 1.82) is 0 Å². The fourth-order valence-electron chi connectivity index (χ4n) is 2.49. The minimum atomic E-state index is -0.0890. The SMILES string of the molecule is CN=C(NCCc1ccc(OC)cc1)NCc1cccc(C(=O)NC)c1. The lowest BCUT2D eigenvalue weighted by atomic mass is 10.1. The minimum absolute atomic E-state index is 0.0890. The fraction of sp³-hybridized carbons (Fsp3) is 0.300. The van der Waals surface area contributed by atoms with E-state index in [-0.39, 0.29) is 5.91 Å². The number of ether oxygens (including phenoxy) is 1. The maximum atomic E-state index is 11.7. The van der Waals surface area contributed by atoms with Crippen molar-refractivity contribution in [2.45, 2.75) is 13.0 Å². The molecule has 2 aromatic carbocycles. The summed E-state index contributed by atoms with van der Waals surface area (Å²) in [6.07, 6.45) is 0.886. The number of benzene rings is 2. The average molecular weight is 354 g/mol. The molecule has 0 saturated heterocycles. The number of amides is 1. The molecule has 0 heterocycles. The van der Waals surface area contributed by atoms with Gasteiger partial charge in [0.15, 0.2) is 5.96 Å². The molecule has 3 N–H and O–H groups in total. The molecular weight excluding hydrogens is 328 g/mol. The molecule has 138 valence electrons. The Morgan fingerprint density at radius 3 is 2.50 bits per heavy atom. The summed E-state index contributed by atoms with van der Waals surface area (Å²) in [5.74, 6) is 1.50. The van der Waals surface area contributed by atoms with Gasteiger partial charge in [-0.3, -0.25) is 9.79 Å². The van der Waals surface area contributed by atoms with Crippen LogP contribution < -0.4 is 20.7 Å². The topological polar surface area (TPSA) is 74.8 Å². The number of guanidine groups is 1. The highest BCUT2D eigenvalue weighted by atomic mass is 16.5. The highest BCUT2D eigenvalue weighted by Gasteiger charge is 2.04. The van der Waals surface area contributed by atoms with Crippen LogP contribution in [0.2, 0.25) is 0 Å². The number of rotatable bonds is 7. The quantitative estimate of drug-likeness (QED) is 0.525. The van der Waals surface area contributed by atoms with Crippen LogP contribution in [0.1, 0.15) is 21.5 Å². The molecule has 0 unspecified atom stereocenters. The second-order valence-electron chi connectivity index (χ2n) is 5.73. The zero-order valence-electron chi connectivity index (χ0n) is 15.5. The molecule has 0 bridgehead atoms. The summed E-state index contributed by atoms with van der Waals surface area (Å²) in [5, 5.41) is 9.19. The van der Waals surface area contributed by atoms with E-state index in [4.69, 9.17) is 4.74 Å². The molecule has 1 amide bonds. The Balaban J connectivity index is 1.81. The Bertz CT molecular complexity index is 742. The molecule has 2 aromatic rings. The second kappa shape index (κ2) is 10.1. The number of nitrogens with one attached hydrogen (secondary N) is 3. The molecule has 0 saturated carbocycles. The molecule has 0 fully saturated rings. The largest absolute Gasteiger partial charge is 0.497 e. The molecule has 26 heavy (non-hydrogen) atoms. The van der Waals surface area contributed by atoms with E-state index in [9.17, 15) is 4.79 Å². The fourth-order valence-corrected chi connectivity index (χ4v) is 2.49. The van der Waals surface area contributed by atoms with Crippen LogP contribution in [0.4, 0.5) is 0 Å². The van der Waals surface area contributed by atoms with Gasteiger partial charge in [0.25, 0.3) is 5.91 Å². The molecule has 0 radical (unpaired) electrons.